The van der Waals surface area contributed by atoms with Crippen LogP contribution in [-0.2, 0) is 36.4 Å². The van der Waals surface area contributed by atoms with Crippen molar-refractivity contribution in [1.29, 1.82) is 0 Å². The van der Waals surface area contributed by atoms with Gasteiger partial charge in [0.2, 0.25) is 0 Å². The number of phosphoric ester groups is 1. The summed E-state index contributed by atoms with van der Waals surface area (Å²) in [6, 6.07) is -1.05. The molecule has 0 saturated carbocycles. The Kier molecular flexibility index (Phi) is 6.16. The van der Waals surface area contributed by atoms with Crippen molar-refractivity contribution >= 4 is 37.3 Å². The van der Waals surface area contributed by atoms with Gasteiger partial charge in [0.15, 0.2) is 6.10 Å². The van der Waals surface area contributed by atoms with Gasteiger partial charge in [-0.2, -0.15) is 8.62 Å². The van der Waals surface area contributed by atoms with Crippen molar-refractivity contribution in [3.8, 4) is 0 Å². The molecule has 17 heteroatoms. The van der Waals surface area contributed by atoms with Gasteiger partial charge in [-0.05, 0) is 6.42 Å². The first-order valence-electron chi connectivity index (χ1n) is 5.17. The molecule has 3 unspecified atom stereocenters. The van der Waals surface area contributed by atoms with Gasteiger partial charge in [-0.15, -0.1) is 0 Å². The maximum Gasteiger partial charge on any atom is 0.538 e. The largest absolute Gasteiger partial charge is 0.538 e. The summed E-state index contributed by atoms with van der Waals surface area (Å²) in [6.07, 6.45) is -3.40. The molecule has 2 radical (unpaired) electrons. The van der Waals surface area contributed by atoms with E-state index in [0.717, 1.165) is 0 Å². The summed E-state index contributed by atoms with van der Waals surface area (Å²) in [7, 11) is -11.6. The second-order valence-electron chi connectivity index (χ2n) is 3.90. The van der Waals surface area contributed by atoms with Crippen LogP contribution in [-0.4, -0.2) is 56.7 Å². The fraction of sp³-hybridized carbons (Fsp3) is 0.800. The molecule has 5 atom stereocenters. The van der Waals surface area contributed by atoms with Gasteiger partial charge in [0, 0.05) is 6.00 Å². The molecule has 0 spiro atoms. The van der Waals surface area contributed by atoms with E-state index in [1.54, 1.807) is 0 Å². The molecule has 1 aliphatic heterocycles. The average molecular weight is 382 g/mol. The Hall–Kier alpha value is -0.0951. The van der Waals surface area contributed by atoms with E-state index in [-0.39, 0.29) is 6.42 Å². The second kappa shape index (κ2) is 6.80. The standard InChI is InChI=1S/C5H10BO13P3/c6-3-1-2(7)4(16-3)5(8)17-21(12,13)19-22(14,15)18-20(9,10)11/h2-4,7H,1H2,(H,12,13)(H,14,15)(H2,9,10,11)/t2?,3-,4+/m1/s1. The van der Waals surface area contributed by atoms with Gasteiger partial charge in [0.05, 0.1) is 6.10 Å². The Balaban J connectivity index is 2.71. The van der Waals surface area contributed by atoms with Gasteiger partial charge in [-0.1, -0.05) is 0 Å². The molecular formula is C5H10BO13P3. The number of phosphoric acid groups is 3. The van der Waals surface area contributed by atoms with Gasteiger partial charge in [-0.25, -0.2) is 18.5 Å². The Bertz CT molecular complexity index is 570. The van der Waals surface area contributed by atoms with Crippen LogP contribution in [0.3, 0.4) is 0 Å². The zero-order valence-electron chi connectivity index (χ0n) is 10.4. The molecule has 1 fully saturated rings. The molecule has 0 aromatic heterocycles. The van der Waals surface area contributed by atoms with Gasteiger partial charge in [0.1, 0.15) is 7.85 Å². The molecule has 0 aromatic rings. The molecule has 0 aromatic carbocycles. The molecule has 1 aliphatic rings. The van der Waals surface area contributed by atoms with Crippen LogP contribution >= 0.6 is 23.5 Å². The van der Waals surface area contributed by atoms with Crippen LogP contribution in [0.4, 0.5) is 0 Å². The summed E-state index contributed by atoms with van der Waals surface area (Å²) in [6.45, 7) is 0. The SMILES string of the molecule is [B][C@H]1CC(O)[C@@H](C(=O)OP(=O)(O)OP(=O)(O)OP(=O)(O)O)O1. The van der Waals surface area contributed by atoms with Gasteiger partial charge < -0.3 is 29.0 Å². The number of ether oxygens (including phenoxy) is 1. The lowest BCUT2D eigenvalue weighted by molar-refractivity contribution is -0.150. The zero-order chi connectivity index (χ0) is 17.3. The second-order valence-corrected chi connectivity index (χ2v) is 8.24. The van der Waals surface area contributed by atoms with Crippen LogP contribution in [0.5, 0.6) is 0 Å². The number of aliphatic hydroxyl groups excluding tert-OH is 1. The third kappa shape index (κ3) is 6.57. The van der Waals surface area contributed by atoms with Gasteiger partial charge in [0.25, 0.3) is 0 Å². The quantitative estimate of drug-likeness (QED) is 0.262. The first-order valence-corrected chi connectivity index (χ1v) is 9.69. The topological polar surface area (TPSA) is 206 Å². The Labute approximate surface area is 124 Å². The maximum atomic E-state index is 11.4. The minimum Gasteiger partial charge on any atom is -0.390 e. The van der Waals surface area contributed by atoms with Crippen molar-refractivity contribution in [3.05, 3.63) is 0 Å². The van der Waals surface area contributed by atoms with E-state index in [4.69, 9.17) is 27.4 Å². The van der Waals surface area contributed by atoms with Crippen molar-refractivity contribution in [2.24, 2.45) is 0 Å². The van der Waals surface area contributed by atoms with Crippen LogP contribution in [0, 0.1) is 0 Å². The van der Waals surface area contributed by atoms with Crippen molar-refractivity contribution in [3.63, 3.8) is 0 Å². The number of aliphatic hydroxyl groups is 1. The monoisotopic (exact) mass is 382 g/mol. The molecule has 5 N–H and O–H groups in total. The zero-order valence-corrected chi connectivity index (χ0v) is 13.0. The Morgan fingerprint density at radius 1 is 1.09 bits per heavy atom. The number of rotatable bonds is 6. The molecular weight excluding hydrogens is 372 g/mol. The molecule has 1 saturated heterocycles. The highest BCUT2D eigenvalue weighted by Gasteiger charge is 2.45. The van der Waals surface area contributed by atoms with E-state index >= 15 is 0 Å². The van der Waals surface area contributed by atoms with Crippen LogP contribution in [0.25, 0.3) is 0 Å². The predicted molar refractivity (Wildman–Crippen MR) is 65.0 cm³/mol. The molecule has 126 valence electrons. The van der Waals surface area contributed by atoms with Crippen molar-refractivity contribution in [2.45, 2.75) is 24.6 Å². The lowest BCUT2D eigenvalue weighted by atomic mass is 9.96. The smallest absolute Gasteiger partial charge is 0.390 e. The van der Waals surface area contributed by atoms with Gasteiger partial charge >= 0.3 is 29.4 Å². The Morgan fingerprint density at radius 3 is 2.05 bits per heavy atom. The van der Waals surface area contributed by atoms with Crippen LogP contribution in [0.15, 0.2) is 0 Å². The highest BCUT2D eigenvalue weighted by Crippen LogP contribution is 2.66. The average Bonchev–Trinajstić information content (AvgIpc) is 2.50. The molecule has 22 heavy (non-hydrogen) atoms. The summed E-state index contributed by atoms with van der Waals surface area (Å²) in [4.78, 5) is 46.0. The molecule has 1 heterocycles. The lowest BCUT2D eigenvalue weighted by Crippen LogP contribution is -2.31. The number of carbonyl (C=O) groups excluding carboxylic acids is 1. The molecule has 0 amide bonds. The third-order valence-electron chi connectivity index (χ3n) is 2.00. The summed E-state index contributed by atoms with van der Waals surface area (Å²) in [5.41, 5.74) is 0. The lowest BCUT2D eigenvalue weighted by Gasteiger charge is -2.18. The summed E-state index contributed by atoms with van der Waals surface area (Å²) in [5, 5.41) is 9.36. The van der Waals surface area contributed by atoms with Crippen molar-refractivity contribution in [2.75, 3.05) is 0 Å². The molecule has 0 aliphatic carbocycles. The van der Waals surface area contributed by atoms with Crippen LogP contribution in [0.1, 0.15) is 6.42 Å². The van der Waals surface area contributed by atoms with Crippen LogP contribution < -0.4 is 0 Å². The van der Waals surface area contributed by atoms with E-state index in [1.807, 2.05) is 0 Å². The van der Waals surface area contributed by atoms with E-state index < -0.39 is 47.6 Å². The first kappa shape index (κ1) is 20.0. The summed E-state index contributed by atoms with van der Waals surface area (Å²) < 4.78 is 48.0. The van der Waals surface area contributed by atoms with E-state index in [0.29, 0.717) is 0 Å². The number of hydrogen-bond acceptors (Lipinski definition) is 9. The number of carbonyl (C=O) groups is 1. The van der Waals surface area contributed by atoms with Crippen molar-refractivity contribution < 1.29 is 61.1 Å². The molecule has 0 bridgehead atoms. The number of hydrogen-bond donors (Lipinski definition) is 5. The third-order valence-corrected chi connectivity index (χ3v) is 5.74. The maximum absolute atomic E-state index is 11.4. The highest BCUT2D eigenvalue weighted by atomic mass is 31.3. The predicted octanol–water partition coefficient (Wildman–Crippen LogP) is -1.50. The normalized spacial score (nSPS) is 31.2. The summed E-state index contributed by atoms with van der Waals surface area (Å²) in [5.74, 6) is -1.65. The van der Waals surface area contributed by atoms with E-state index in [9.17, 15) is 23.6 Å². The summed E-state index contributed by atoms with van der Waals surface area (Å²) >= 11 is 0. The minimum atomic E-state index is -5.73. The molecule has 1 rings (SSSR count). The van der Waals surface area contributed by atoms with Crippen molar-refractivity contribution in [1.82, 2.24) is 0 Å². The Morgan fingerprint density at radius 2 is 1.64 bits per heavy atom. The molecule has 13 nitrogen and oxygen atoms in total. The fourth-order valence-electron chi connectivity index (χ4n) is 1.37. The van der Waals surface area contributed by atoms with E-state index in [2.05, 4.69) is 17.9 Å². The van der Waals surface area contributed by atoms with Gasteiger partial charge in [-0.3, -0.25) is 4.89 Å². The van der Waals surface area contributed by atoms with Crippen LogP contribution in [0.2, 0.25) is 0 Å². The highest BCUT2D eigenvalue weighted by molar-refractivity contribution is 7.66. The fourth-order valence-corrected chi connectivity index (χ4v) is 4.34. The minimum absolute atomic E-state index is 0.184. The first-order chi connectivity index (χ1) is 9.71. The van der Waals surface area contributed by atoms with E-state index in [1.165, 1.54) is 0 Å².